The fourth-order valence-electron chi connectivity index (χ4n) is 2.32. The van der Waals surface area contributed by atoms with Gasteiger partial charge in [0.1, 0.15) is 0 Å². The minimum atomic E-state index is 0.0317. The molecule has 0 aliphatic carbocycles. The van der Waals surface area contributed by atoms with E-state index >= 15 is 0 Å². The molecule has 1 saturated heterocycles. The molecular weight excluding hydrogens is 226 g/mol. The van der Waals surface area contributed by atoms with Crippen LogP contribution in [0.15, 0.2) is 30.3 Å². The Labute approximate surface area is 109 Å². The zero-order chi connectivity index (χ0) is 12.8. The molecule has 0 bridgehead atoms. The fraction of sp³-hybridized carbons (Fsp3) is 0.533. The van der Waals surface area contributed by atoms with Gasteiger partial charge < -0.3 is 10.1 Å². The normalized spacial score (nSPS) is 23.1. The van der Waals surface area contributed by atoms with Crippen molar-refractivity contribution >= 4 is 5.91 Å². The Morgan fingerprint density at radius 3 is 2.83 bits per heavy atom. The van der Waals surface area contributed by atoms with Gasteiger partial charge in [0, 0.05) is 0 Å². The average molecular weight is 247 g/mol. The molecule has 18 heavy (non-hydrogen) atoms. The summed E-state index contributed by atoms with van der Waals surface area (Å²) in [7, 11) is 0. The summed E-state index contributed by atoms with van der Waals surface area (Å²) in [6, 6.07) is 10.3. The molecule has 0 radical (unpaired) electrons. The number of hydrogen-bond donors (Lipinski definition) is 1. The first kappa shape index (κ1) is 13.1. The van der Waals surface area contributed by atoms with Crippen LogP contribution >= 0.6 is 0 Å². The van der Waals surface area contributed by atoms with Crippen molar-refractivity contribution in [2.45, 2.75) is 51.4 Å². The van der Waals surface area contributed by atoms with Crippen LogP contribution in [-0.2, 0) is 16.1 Å². The van der Waals surface area contributed by atoms with Crippen LogP contribution in [0.25, 0.3) is 0 Å². The molecule has 1 fully saturated rings. The van der Waals surface area contributed by atoms with Crippen molar-refractivity contribution in [2.75, 3.05) is 0 Å². The molecule has 2 atom stereocenters. The predicted octanol–water partition coefficient (Wildman–Crippen LogP) is 2.65. The van der Waals surface area contributed by atoms with E-state index in [1.165, 1.54) is 0 Å². The van der Waals surface area contributed by atoms with Crippen LogP contribution in [0.1, 0.15) is 38.2 Å². The monoisotopic (exact) mass is 247 g/mol. The molecule has 1 N–H and O–H groups in total. The first-order valence-corrected chi connectivity index (χ1v) is 6.74. The molecule has 0 saturated carbocycles. The molecule has 1 amide bonds. The van der Waals surface area contributed by atoms with Crippen LogP contribution < -0.4 is 5.32 Å². The van der Waals surface area contributed by atoms with E-state index in [1.54, 1.807) is 0 Å². The molecule has 1 aliphatic rings. The van der Waals surface area contributed by atoms with Gasteiger partial charge in [-0.1, -0.05) is 50.1 Å². The minimum Gasteiger partial charge on any atom is -0.371 e. The number of carbonyl (C=O) groups is 1. The van der Waals surface area contributed by atoms with E-state index in [0.717, 1.165) is 24.8 Å². The van der Waals surface area contributed by atoms with Gasteiger partial charge in [0.2, 0.25) is 5.91 Å². The summed E-state index contributed by atoms with van der Waals surface area (Å²) in [6.07, 6.45) is 3.83. The van der Waals surface area contributed by atoms with E-state index < -0.39 is 0 Å². The van der Waals surface area contributed by atoms with E-state index in [9.17, 15) is 4.79 Å². The third-order valence-electron chi connectivity index (χ3n) is 3.36. The molecule has 2 rings (SSSR count). The lowest BCUT2D eigenvalue weighted by Gasteiger charge is -2.19. The quantitative estimate of drug-likeness (QED) is 0.839. The molecule has 0 unspecified atom stereocenters. The number of carbonyl (C=O) groups excluding carboxylic acids is 1. The summed E-state index contributed by atoms with van der Waals surface area (Å²) in [5, 5.41) is 3.01. The number of benzene rings is 1. The Hall–Kier alpha value is -1.35. The lowest BCUT2D eigenvalue weighted by molar-refractivity contribution is -0.119. The standard InChI is InChI=1S/C15H21NO2/c1-2-3-9-13-14(10-15(17)16-13)18-11-12-7-5-4-6-8-12/h4-8,13-14H,2-3,9-11H2,1H3,(H,16,17)/t13-,14+/m1/s1. The van der Waals surface area contributed by atoms with Crippen LogP contribution in [0.2, 0.25) is 0 Å². The summed E-state index contributed by atoms with van der Waals surface area (Å²) in [6.45, 7) is 2.75. The van der Waals surface area contributed by atoms with E-state index in [-0.39, 0.29) is 18.1 Å². The number of nitrogens with one attached hydrogen (secondary N) is 1. The van der Waals surface area contributed by atoms with Gasteiger partial charge in [-0.25, -0.2) is 0 Å². The maximum atomic E-state index is 11.4. The molecule has 3 nitrogen and oxygen atoms in total. The minimum absolute atomic E-state index is 0.0317. The van der Waals surface area contributed by atoms with Crippen molar-refractivity contribution in [1.82, 2.24) is 5.32 Å². The Morgan fingerprint density at radius 2 is 2.11 bits per heavy atom. The number of amides is 1. The maximum Gasteiger partial charge on any atom is 0.223 e. The predicted molar refractivity (Wildman–Crippen MR) is 71.1 cm³/mol. The Bertz CT molecular complexity index is 377. The molecular formula is C15H21NO2. The highest BCUT2D eigenvalue weighted by Gasteiger charge is 2.32. The fourth-order valence-corrected chi connectivity index (χ4v) is 2.32. The molecule has 0 spiro atoms. The number of hydrogen-bond acceptors (Lipinski definition) is 2. The van der Waals surface area contributed by atoms with Crippen molar-refractivity contribution < 1.29 is 9.53 Å². The third kappa shape index (κ3) is 3.57. The lowest BCUT2D eigenvalue weighted by atomic mass is 10.1. The Kier molecular flexibility index (Phi) is 4.76. The zero-order valence-corrected chi connectivity index (χ0v) is 10.9. The van der Waals surface area contributed by atoms with Gasteiger partial charge in [-0.3, -0.25) is 4.79 Å². The summed E-state index contributed by atoms with van der Waals surface area (Å²) in [5.41, 5.74) is 1.16. The van der Waals surface area contributed by atoms with E-state index in [1.807, 2.05) is 30.3 Å². The summed E-state index contributed by atoms with van der Waals surface area (Å²) in [5.74, 6) is 0.120. The molecule has 3 heteroatoms. The maximum absolute atomic E-state index is 11.4. The number of rotatable bonds is 6. The van der Waals surface area contributed by atoms with Gasteiger partial charge in [-0.2, -0.15) is 0 Å². The second kappa shape index (κ2) is 6.55. The SMILES string of the molecule is CCCC[C@H]1NC(=O)C[C@@H]1OCc1ccccc1. The lowest BCUT2D eigenvalue weighted by Crippen LogP contribution is -2.33. The van der Waals surface area contributed by atoms with Crippen LogP contribution in [0.5, 0.6) is 0 Å². The first-order valence-electron chi connectivity index (χ1n) is 6.74. The van der Waals surface area contributed by atoms with Crippen molar-refractivity contribution in [2.24, 2.45) is 0 Å². The molecule has 1 heterocycles. The van der Waals surface area contributed by atoms with Crippen LogP contribution in [0.4, 0.5) is 0 Å². The van der Waals surface area contributed by atoms with E-state index in [2.05, 4.69) is 12.2 Å². The van der Waals surface area contributed by atoms with Crippen LogP contribution in [0.3, 0.4) is 0 Å². The zero-order valence-electron chi connectivity index (χ0n) is 10.9. The second-order valence-electron chi connectivity index (χ2n) is 4.86. The van der Waals surface area contributed by atoms with Crippen molar-refractivity contribution in [3.8, 4) is 0 Å². The summed E-state index contributed by atoms with van der Waals surface area (Å²) < 4.78 is 5.89. The summed E-state index contributed by atoms with van der Waals surface area (Å²) in [4.78, 5) is 11.4. The molecule has 0 aromatic heterocycles. The van der Waals surface area contributed by atoms with Gasteiger partial charge >= 0.3 is 0 Å². The molecule has 1 aromatic rings. The smallest absolute Gasteiger partial charge is 0.223 e. The van der Waals surface area contributed by atoms with Crippen molar-refractivity contribution in [1.29, 1.82) is 0 Å². The molecule has 1 aromatic carbocycles. The van der Waals surface area contributed by atoms with Crippen molar-refractivity contribution in [3.05, 3.63) is 35.9 Å². The highest BCUT2D eigenvalue weighted by Crippen LogP contribution is 2.19. The Balaban J connectivity index is 1.85. The largest absolute Gasteiger partial charge is 0.371 e. The first-order chi connectivity index (χ1) is 8.79. The van der Waals surface area contributed by atoms with Gasteiger partial charge in [-0.05, 0) is 12.0 Å². The van der Waals surface area contributed by atoms with E-state index in [0.29, 0.717) is 13.0 Å². The third-order valence-corrected chi connectivity index (χ3v) is 3.36. The highest BCUT2D eigenvalue weighted by molar-refractivity contribution is 5.79. The highest BCUT2D eigenvalue weighted by atomic mass is 16.5. The number of unbranched alkanes of at least 4 members (excludes halogenated alkanes) is 1. The Morgan fingerprint density at radius 1 is 1.33 bits per heavy atom. The second-order valence-corrected chi connectivity index (χ2v) is 4.86. The topological polar surface area (TPSA) is 38.3 Å². The van der Waals surface area contributed by atoms with Crippen LogP contribution in [0, 0.1) is 0 Å². The van der Waals surface area contributed by atoms with E-state index in [4.69, 9.17) is 4.74 Å². The molecule has 98 valence electrons. The summed E-state index contributed by atoms with van der Waals surface area (Å²) >= 11 is 0. The van der Waals surface area contributed by atoms with Gasteiger partial charge in [-0.15, -0.1) is 0 Å². The van der Waals surface area contributed by atoms with Gasteiger partial charge in [0.05, 0.1) is 25.2 Å². The average Bonchev–Trinajstić information content (AvgIpc) is 2.75. The molecule has 1 aliphatic heterocycles. The van der Waals surface area contributed by atoms with Crippen molar-refractivity contribution in [3.63, 3.8) is 0 Å². The number of ether oxygens (including phenoxy) is 1. The van der Waals surface area contributed by atoms with Gasteiger partial charge in [0.15, 0.2) is 0 Å². The van der Waals surface area contributed by atoms with Crippen LogP contribution in [-0.4, -0.2) is 18.1 Å². The van der Waals surface area contributed by atoms with Gasteiger partial charge in [0.25, 0.3) is 0 Å².